The fraction of sp³-hybridized carbons (Fsp3) is 0.556. The molecule has 2 aromatic rings. The number of rotatable bonds is 8. The van der Waals surface area contributed by atoms with Crippen LogP contribution in [0.4, 0.5) is 0 Å². The Bertz CT molecular complexity index is 776. The molecule has 142 valence electrons. The second kappa shape index (κ2) is 8.41. The third-order valence-electron chi connectivity index (χ3n) is 4.09. The molecule has 0 saturated heterocycles. The number of aromatic nitrogens is 1. The number of nitrogens with zero attached hydrogens (tertiary/aromatic N) is 1. The molecule has 1 aliphatic carbocycles. The van der Waals surface area contributed by atoms with E-state index in [2.05, 4.69) is 10.3 Å². The molecule has 1 aromatic carbocycles. The van der Waals surface area contributed by atoms with Crippen LogP contribution in [0, 0.1) is 0 Å². The molecule has 1 heterocycles. The number of hydrogen-bond donors (Lipinski definition) is 1. The molecular formula is C18H23ClN2O4S. The van der Waals surface area contributed by atoms with Gasteiger partial charge in [0, 0.05) is 25.8 Å². The van der Waals surface area contributed by atoms with Crippen LogP contribution in [0.15, 0.2) is 12.1 Å². The summed E-state index contributed by atoms with van der Waals surface area (Å²) in [6.45, 7) is 6.43. The summed E-state index contributed by atoms with van der Waals surface area (Å²) in [5.41, 5.74) is 0.817. The molecule has 6 nitrogen and oxygen atoms in total. The quantitative estimate of drug-likeness (QED) is 0.732. The number of fused-ring (bicyclic) bond motifs is 1. The van der Waals surface area contributed by atoms with Gasteiger partial charge in [0.2, 0.25) is 5.91 Å². The van der Waals surface area contributed by atoms with E-state index >= 15 is 0 Å². The second-order valence-electron chi connectivity index (χ2n) is 6.41. The molecule has 1 saturated carbocycles. The summed E-state index contributed by atoms with van der Waals surface area (Å²) < 4.78 is 18.1. The van der Waals surface area contributed by atoms with E-state index in [1.165, 1.54) is 18.3 Å². The van der Waals surface area contributed by atoms with Gasteiger partial charge in [-0.2, -0.15) is 0 Å². The molecule has 0 spiro atoms. The van der Waals surface area contributed by atoms with Crippen molar-refractivity contribution in [2.75, 3.05) is 13.2 Å². The van der Waals surface area contributed by atoms with E-state index in [1.54, 1.807) is 0 Å². The van der Waals surface area contributed by atoms with Crippen molar-refractivity contribution in [2.24, 2.45) is 0 Å². The van der Waals surface area contributed by atoms with E-state index in [0.29, 0.717) is 29.2 Å². The van der Waals surface area contributed by atoms with Crippen molar-refractivity contribution < 1.29 is 19.0 Å². The predicted octanol–water partition coefficient (Wildman–Crippen LogP) is 3.80. The molecule has 0 aliphatic heterocycles. The van der Waals surface area contributed by atoms with Crippen LogP contribution in [0.5, 0.6) is 10.9 Å². The number of carbonyl (C=O) groups excluding carboxylic acids is 1. The van der Waals surface area contributed by atoms with Crippen LogP contribution in [0.1, 0.15) is 33.6 Å². The lowest BCUT2D eigenvalue weighted by Gasteiger charge is -2.36. The number of ether oxygens (including phenoxy) is 3. The first-order valence-electron chi connectivity index (χ1n) is 8.73. The number of halogens is 1. The zero-order valence-corrected chi connectivity index (χ0v) is 16.7. The highest BCUT2D eigenvalue weighted by Gasteiger charge is 2.32. The van der Waals surface area contributed by atoms with Crippen molar-refractivity contribution in [3.05, 3.63) is 17.2 Å². The highest BCUT2D eigenvalue weighted by molar-refractivity contribution is 7.20. The molecular weight excluding hydrogens is 376 g/mol. The van der Waals surface area contributed by atoms with Gasteiger partial charge in [-0.15, -0.1) is 0 Å². The van der Waals surface area contributed by atoms with Crippen molar-refractivity contribution in [2.45, 2.75) is 51.9 Å². The van der Waals surface area contributed by atoms with Gasteiger partial charge >= 0.3 is 0 Å². The van der Waals surface area contributed by atoms with Gasteiger partial charge in [-0.1, -0.05) is 22.9 Å². The molecule has 1 N–H and O–H groups in total. The molecule has 1 unspecified atom stereocenters. The minimum Gasteiger partial charge on any atom is -0.489 e. The van der Waals surface area contributed by atoms with E-state index in [1.807, 2.05) is 26.0 Å². The summed E-state index contributed by atoms with van der Waals surface area (Å²) >= 11 is 7.91. The maximum Gasteiger partial charge on any atom is 0.274 e. The first-order chi connectivity index (χ1) is 12.5. The Labute approximate surface area is 161 Å². The fourth-order valence-electron chi connectivity index (χ4n) is 2.80. The van der Waals surface area contributed by atoms with E-state index in [4.69, 9.17) is 25.8 Å². The number of benzene rings is 1. The van der Waals surface area contributed by atoms with Crippen LogP contribution >= 0.6 is 22.9 Å². The zero-order chi connectivity index (χ0) is 18.7. The Morgan fingerprint density at radius 1 is 1.42 bits per heavy atom. The lowest BCUT2D eigenvalue weighted by Crippen LogP contribution is -2.42. The van der Waals surface area contributed by atoms with Gasteiger partial charge in [0.15, 0.2) is 0 Å². The number of nitrogens with one attached hydrogen (secondary N) is 1. The largest absolute Gasteiger partial charge is 0.489 e. The molecule has 26 heavy (non-hydrogen) atoms. The molecule has 0 bridgehead atoms. The fourth-order valence-corrected chi connectivity index (χ4v) is 4.02. The molecule has 1 aliphatic rings. The molecule has 1 aromatic heterocycles. The summed E-state index contributed by atoms with van der Waals surface area (Å²) in [6.07, 6.45) is 1.87. The SMILES string of the molecule is CCOc1nc2ccc(OC3CC(OCC(C)NC(C)=O)C3)c(Cl)c2s1. The van der Waals surface area contributed by atoms with Gasteiger partial charge in [-0.05, 0) is 26.0 Å². The molecule has 1 fully saturated rings. The standard InChI is InChI=1S/C18H23ClN2O4S/c1-4-23-18-21-14-5-6-15(16(19)17(14)26-18)25-13-7-12(8-13)24-9-10(2)20-11(3)22/h5-6,10,12-13H,4,7-9H2,1-3H3,(H,20,22). The Morgan fingerprint density at radius 2 is 2.19 bits per heavy atom. The van der Waals surface area contributed by atoms with Gasteiger partial charge in [-0.25, -0.2) is 4.98 Å². The number of amides is 1. The van der Waals surface area contributed by atoms with E-state index < -0.39 is 0 Å². The van der Waals surface area contributed by atoms with E-state index in [9.17, 15) is 4.79 Å². The van der Waals surface area contributed by atoms with E-state index in [0.717, 1.165) is 23.1 Å². The Balaban J connectivity index is 1.51. The third-order valence-corrected chi connectivity index (χ3v) is 5.58. The minimum atomic E-state index is -0.0449. The summed E-state index contributed by atoms with van der Waals surface area (Å²) in [4.78, 5) is 15.4. The van der Waals surface area contributed by atoms with Crippen LogP contribution in [0.25, 0.3) is 10.2 Å². The average molecular weight is 399 g/mol. The normalized spacial score (nSPS) is 20.5. The Hall–Kier alpha value is -1.57. The number of hydrogen-bond acceptors (Lipinski definition) is 6. The minimum absolute atomic E-state index is 0.00943. The van der Waals surface area contributed by atoms with Gasteiger partial charge in [0.05, 0.1) is 29.5 Å². The van der Waals surface area contributed by atoms with Crippen LogP contribution in [-0.2, 0) is 9.53 Å². The van der Waals surface area contributed by atoms with Crippen LogP contribution in [0.2, 0.25) is 5.02 Å². The summed E-state index contributed by atoms with van der Waals surface area (Å²) in [5.74, 6) is 0.623. The molecule has 0 radical (unpaired) electrons. The first kappa shape index (κ1) is 19.2. The van der Waals surface area contributed by atoms with Gasteiger partial charge in [-0.3, -0.25) is 4.79 Å². The molecule has 3 rings (SSSR count). The van der Waals surface area contributed by atoms with Crippen molar-refractivity contribution in [1.29, 1.82) is 0 Å². The van der Waals surface area contributed by atoms with Gasteiger partial charge < -0.3 is 19.5 Å². The maximum atomic E-state index is 11.0. The van der Waals surface area contributed by atoms with Crippen LogP contribution in [-0.4, -0.2) is 42.4 Å². The Kier molecular flexibility index (Phi) is 6.21. The zero-order valence-electron chi connectivity index (χ0n) is 15.1. The van der Waals surface area contributed by atoms with Crippen molar-refractivity contribution in [1.82, 2.24) is 10.3 Å². The summed E-state index contributed by atoms with van der Waals surface area (Å²) in [7, 11) is 0. The van der Waals surface area contributed by atoms with Crippen LogP contribution in [0.3, 0.4) is 0 Å². The van der Waals surface area contributed by atoms with Gasteiger partial charge in [0.25, 0.3) is 5.19 Å². The first-order valence-corrected chi connectivity index (χ1v) is 9.93. The molecule has 1 amide bonds. The lowest BCUT2D eigenvalue weighted by molar-refractivity contribution is -0.120. The smallest absolute Gasteiger partial charge is 0.274 e. The summed E-state index contributed by atoms with van der Waals surface area (Å²) in [6, 6.07) is 3.76. The summed E-state index contributed by atoms with van der Waals surface area (Å²) in [5, 5.41) is 4.00. The number of thiazole rings is 1. The lowest BCUT2D eigenvalue weighted by atomic mass is 9.92. The Morgan fingerprint density at radius 3 is 2.88 bits per heavy atom. The van der Waals surface area contributed by atoms with Crippen LogP contribution < -0.4 is 14.8 Å². The van der Waals surface area contributed by atoms with Gasteiger partial charge in [0.1, 0.15) is 16.9 Å². The highest BCUT2D eigenvalue weighted by atomic mass is 35.5. The third kappa shape index (κ3) is 4.58. The predicted molar refractivity (Wildman–Crippen MR) is 102 cm³/mol. The molecule has 1 atom stereocenters. The number of carbonyl (C=O) groups is 1. The van der Waals surface area contributed by atoms with Crippen molar-refractivity contribution in [3.8, 4) is 10.9 Å². The van der Waals surface area contributed by atoms with E-state index in [-0.39, 0.29) is 24.2 Å². The highest BCUT2D eigenvalue weighted by Crippen LogP contribution is 2.40. The molecule has 8 heteroatoms. The average Bonchev–Trinajstić information content (AvgIpc) is 2.94. The second-order valence-corrected chi connectivity index (χ2v) is 7.75. The topological polar surface area (TPSA) is 69.7 Å². The monoisotopic (exact) mass is 398 g/mol. The van der Waals surface area contributed by atoms with Crippen molar-refractivity contribution in [3.63, 3.8) is 0 Å². The maximum absolute atomic E-state index is 11.0. The van der Waals surface area contributed by atoms with Crippen molar-refractivity contribution >= 4 is 39.1 Å².